The molecule has 1 aromatic heterocycles. The predicted molar refractivity (Wildman–Crippen MR) is 73.2 cm³/mol. The lowest BCUT2D eigenvalue weighted by Crippen LogP contribution is -2.11. The SMILES string of the molecule is COc1cc(NC(C)c2ccnn2C)ccc1Cl. The zero-order chi connectivity index (χ0) is 13.1. The van der Waals surface area contributed by atoms with E-state index in [-0.39, 0.29) is 6.04 Å². The molecule has 0 fully saturated rings. The predicted octanol–water partition coefficient (Wildman–Crippen LogP) is 3.26. The Hall–Kier alpha value is -1.68. The van der Waals surface area contributed by atoms with Gasteiger partial charge in [0.15, 0.2) is 0 Å². The van der Waals surface area contributed by atoms with Gasteiger partial charge in [0, 0.05) is 25.0 Å². The normalized spacial score (nSPS) is 12.2. The molecular weight excluding hydrogens is 250 g/mol. The summed E-state index contributed by atoms with van der Waals surface area (Å²) in [6, 6.07) is 7.78. The van der Waals surface area contributed by atoms with Crippen LogP contribution in [-0.2, 0) is 7.05 Å². The molecule has 0 aliphatic carbocycles. The number of rotatable bonds is 4. The Morgan fingerprint density at radius 1 is 1.39 bits per heavy atom. The highest BCUT2D eigenvalue weighted by atomic mass is 35.5. The molecule has 18 heavy (non-hydrogen) atoms. The van der Waals surface area contributed by atoms with E-state index in [4.69, 9.17) is 16.3 Å². The number of nitrogens with one attached hydrogen (secondary N) is 1. The second-order valence-corrected chi connectivity index (χ2v) is 4.50. The van der Waals surface area contributed by atoms with Gasteiger partial charge in [0.05, 0.1) is 23.9 Å². The Kier molecular flexibility index (Phi) is 3.77. The Balaban J connectivity index is 2.17. The molecule has 0 bridgehead atoms. The summed E-state index contributed by atoms with van der Waals surface area (Å²) in [6.45, 7) is 2.08. The summed E-state index contributed by atoms with van der Waals surface area (Å²) in [5, 5.41) is 8.15. The van der Waals surface area contributed by atoms with Crippen molar-refractivity contribution >= 4 is 17.3 Å². The Bertz CT molecular complexity index is 539. The van der Waals surface area contributed by atoms with E-state index in [0.717, 1.165) is 11.4 Å². The van der Waals surface area contributed by atoms with Gasteiger partial charge in [0.1, 0.15) is 5.75 Å². The summed E-state index contributed by atoms with van der Waals surface area (Å²) >= 11 is 5.99. The van der Waals surface area contributed by atoms with E-state index in [0.29, 0.717) is 10.8 Å². The number of anilines is 1. The fourth-order valence-corrected chi connectivity index (χ4v) is 2.08. The highest BCUT2D eigenvalue weighted by Crippen LogP contribution is 2.29. The topological polar surface area (TPSA) is 39.1 Å². The van der Waals surface area contributed by atoms with Crippen LogP contribution in [0.3, 0.4) is 0 Å². The average molecular weight is 266 g/mol. The molecular formula is C13H16ClN3O. The zero-order valence-corrected chi connectivity index (χ0v) is 11.4. The molecule has 0 radical (unpaired) electrons. The summed E-state index contributed by atoms with van der Waals surface area (Å²) < 4.78 is 7.04. The van der Waals surface area contributed by atoms with Gasteiger partial charge in [0.25, 0.3) is 0 Å². The summed E-state index contributed by atoms with van der Waals surface area (Å²) in [6.07, 6.45) is 1.79. The third-order valence-electron chi connectivity index (χ3n) is 2.84. The molecule has 1 aromatic carbocycles. The molecule has 0 amide bonds. The summed E-state index contributed by atoms with van der Waals surface area (Å²) in [4.78, 5) is 0. The van der Waals surface area contributed by atoms with Gasteiger partial charge >= 0.3 is 0 Å². The van der Waals surface area contributed by atoms with Crippen molar-refractivity contribution in [2.45, 2.75) is 13.0 Å². The van der Waals surface area contributed by atoms with Gasteiger partial charge in [-0.25, -0.2) is 0 Å². The van der Waals surface area contributed by atoms with Crippen molar-refractivity contribution in [3.8, 4) is 5.75 Å². The second kappa shape index (κ2) is 5.31. The van der Waals surface area contributed by atoms with E-state index in [9.17, 15) is 0 Å². The quantitative estimate of drug-likeness (QED) is 0.922. The molecule has 1 heterocycles. The van der Waals surface area contributed by atoms with E-state index in [2.05, 4.69) is 17.3 Å². The van der Waals surface area contributed by atoms with Gasteiger partial charge in [-0.05, 0) is 25.1 Å². The average Bonchev–Trinajstić information content (AvgIpc) is 2.78. The monoisotopic (exact) mass is 265 g/mol. The Morgan fingerprint density at radius 3 is 2.78 bits per heavy atom. The van der Waals surface area contributed by atoms with Gasteiger partial charge < -0.3 is 10.1 Å². The molecule has 1 atom stereocenters. The number of hydrogen-bond donors (Lipinski definition) is 1. The van der Waals surface area contributed by atoms with Crippen LogP contribution in [0.2, 0.25) is 5.02 Å². The number of ether oxygens (including phenoxy) is 1. The van der Waals surface area contributed by atoms with Crippen molar-refractivity contribution in [1.29, 1.82) is 0 Å². The zero-order valence-electron chi connectivity index (χ0n) is 10.6. The maximum absolute atomic E-state index is 5.99. The lowest BCUT2D eigenvalue weighted by Gasteiger charge is -2.16. The molecule has 1 N–H and O–H groups in total. The van der Waals surface area contributed by atoms with Crippen LogP contribution in [0.25, 0.3) is 0 Å². The van der Waals surface area contributed by atoms with Crippen molar-refractivity contribution in [2.24, 2.45) is 7.05 Å². The number of aryl methyl sites for hydroxylation is 1. The van der Waals surface area contributed by atoms with Crippen molar-refractivity contribution in [3.05, 3.63) is 41.2 Å². The van der Waals surface area contributed by atoms with Crippen molar-refractivity contribution in [1.82, 2.24) is 9.78 Å². The van der Waals surface area contributed by atoms with Gasteiger partial charge in [-0.1, -0.05) is 11.6 Å². The number of benzene rings is 1. The number of aromatic nitrogens is 2. The summed E-state index contributed by atoms with van der Waals surface area (Å²) in [5.74, 6) is 0.666. The molecule has 0 aliphatic rings. The van der Waals surface area contributed by atoms with Crippen molar-refractivity contribution in [3.63, 3.8) is 0 Å². The molecule has 1 unspecified atom stereocenters. The molecule has 5 heteroatoms. The van der Waals surface area contributed by atoms with Crippen molar-refractivity contribution < 1.29 is 4.74 Å². The van der Waals surface area contributed by atoms with E-state index < -0.39 is 0 Å². The Labute approximate surface area is 112 Å². The smallest absolute Gasteiger partial charge is 0.139 e. The van der Waals surface area contributed by atoms with E-state index in [1.165, 1.54) is 0 Å². The largest absolute Gasteiger partial charge is 0.495 e. The fraction of sp³-hybridized carbons (Fsp3) is 0.308. The van der Waals surface area contributed by atoms with E-state index in [1.54, 1.807) is 13.3 Å². The summed E-state index contributed by atoms with van der Waals surface area (Å²) in [7, 11) is 3.53. The first-order valence-electron chi connectivity index (χ1n) is 5.70. The molecule has 2 rings (SSSR count). The molecule has 0 aliphatic heterocycles. The minimum atomic E-state index is 0.156. The number of methoxy groups -OCH3 is 1. The number of nitrogens with zero attached hydrogens (tertiary/aromatic N) is 2. The van der Waals surface area contributed by atoms with Crippen LogP contribution in [0.5, 0.6) is 5.75 Å². The van der Waals surface area contributed by atoms with E-state index >= 15 is 0 Å². The lowest BCUT2D eigenvalue weighted by molar-refractivity contribution is 0.415. The minimum Gasteiger partial charge on any atom is -0.495 e. The first-order valence-corrected chi connectivity index (χ1v) is 6.07. The Morgan fingerprint density at radius 2 is 2.17 bits per heavy atom. The van der Waals surface area contributed by atoms with Crippen LogP contribution in [0.15, 0.2) is 30.5 Å². The molecule has 0 saturated carbocycles. The number of halogens is 1. The second-order valence-electron chi connectivity index (χ2n) is 4.10. The third-order valence-corrected chi connectivity index (χ3v) is 3.15. The van der Waals surface area contributed by atoms with Crippen LogP contribution in [0.4, 0.5) is 5.69 Å². The number of hydrogen-bond acceptors (Lipinski definition) is 3. The van der Waals surface area contributed by atoms with Crippen LogP contribution < -0.4 is 10.1 Å². The van der Waals surface area contributed by atoms with Crippen LogP contribution in [0.1, 0.15) is 18.7 Å². The summed E-state index contributed by atoms with van der Waals surface area (Å²) in [5.41, 5.74) is 2.08. The van der Waals surface area contributed by atoms with Crippen molar-refractivity contribution in [2.75, 3.05) is 12.4 Å². The molecule has 2 aromatic rings. The van der Waals surface area contributed by atoms with Crippen LogP contribution in [-0.4, -0.2) is 16.9 Å². The van der Waals surface area contributed by atoms with Crippen LogP contribution >= 0.6 is 11.6 Å². The third kappa shape index (κ3) is 2.59. The maximum atomic E-state index is 5.99. The fourth-order valence-electron chi connectivity index (χ4n) is 1.88. The van der Waals surface area contributed by atoms with Crippen LogP contribution in [0, 0.1) is 0 Å². The van der Waals surface area contributed by atoms with Gasteiger partial charge in [0.2, 0.25) is 0 Å². The first-order chi connectivity index (χ1) is 8.61. The van der Waals surface area contributed by atoms with Gasteiger partial charge in [-0.3, -0.25) is 4.68 Å². The molecule has 0 spiro atoms. The van der Waals surface area contributed by atoms with E-state index in [1.807, 2.05) is 36.0 Å². The maximum Gasteiger partial charge on any atom is 0.139 e. The standard InChI is InChI=1S/C13H16ClN3O/c1-9(12-6-7-15-17(12)2)16-10-4-5-11(14)13(8-10)18-3/h4-9,16H,1-3H3. The molecule has 96 valence electrons. The highest BCUT2D eigenvalue weighted by molar-refractivity contribution is 6.32. The molecule has 4 nitrogen and oxygen atoms in total. The minimum absolute atomic E-state index is 0.156. The lowest BCUT2D eigenvalue weighted by atomic mass is 10.2. The van der Waals surface area contributed by atoms with Gasteiger partial charge in [-0.15, -0.1) is 0 Å². The molecule has 0 saturated heterocycles. The first kappa shape index (κ1) is 12.8. The highest BCUT2D eigenvalue weighted by Gasteiger charge is 2.10. The van der Waals surface area contributed by atoms with Gasteiger partial charge in [-0.2, -0.15) is 5.10 Å².